The molecule has 0 radical (unpaired) electrons. The van der Waals surface area contributed by atoms with E-state index in [4.69, 9.17) is 4.74 Å². The first-order valence-electron chi connectivity index (χ1n) is 6.56. The minimum Gasteiger partial charge on any atom is -0.480 e. The van der Waals surface area contributed by atoms with Gasteiger partial charge in [0.25, 0.3) is 5.91 Å². The summed E-state index contributed by atoms with van der Waals surface area (Å²) in [7, 11) is 0. The highest BCUT2D eigenvalue weighted by molar-refractivity contribution is 9.10. The molecule has 0 saturated heterocycles. The maximum Gasteiger partial charge on any atom is 0.280 e. The van der Waals surface area contributed by atoms with Crippen molar-refractivity contribution in [2.75, 3.05) is 0 Å². The van der Waals surface area contributed by atoms with Crippen LogP contribution in [0.4, 0.5) is 4.39 Å². The standard InChI is InChI=1S/C16H14BrFN2O2/c1-11(22-15-8-3-2-7-14(15)17)16(21)20-19-10-12-5-4-6-13(18)9-12/h2-11H,1H3,(H,20,21)/b19-10+. The van der Waals surface area contributed by atoms with Gasteiger partial charge < -0.3 is 4.74 Å². The van der Waals surface area contributed by atoms with Crippen molar-refractivity contribution in [3.8, 4) is 5.75 Å². The normalized spacial score (nSPS) is 12.1. The van der Waals surface area contributed by atoms with E-state index in [-0.39, 0.29) is 5.82 Å². The monoisotopic (exact) mass is 364 g/mol. The number of hydrogen-bond acceptors (Lipinski definition) is 3. The van der Waals surface area contributed by atoms with Gasteiger partial charge in [-0.1, -0.05) is 24.3 Å². The Kier molecular flexibility index (Phi) is 5.66. The quantitative estimate of drug-likeness (QED) is 0.651. The van der Waals surface area contributed by atoms with Gasteiger partial charge >= 0.3 is 0 Å². The number of rotatable bonds is 5. The molecule has 2 aromatic carbocycles. The molecule has 1 unspecified atom stereocenters. The lowest BCUT2D eigenvalue weighted by atomic mass is 10.2. The number of amides is 1. The van der Waals surface area contributed by atoms with Gasteiger partial charge in [0.15, 0.2) is 6.10 Å². The van der Waals surface area contributed by atoms with Crippen LogP contribution >= 0.6 is 15.9 Å². The number of hydrazone groups is 1. The molecule has 0 saturated carbocycles. The van der Waals surface area contributed by atoms with E-state index >= 15 is 0 Å². The van der Waals surface area contributed by atoms with Gasteiger partial charge in [0.2, 0.25) is 0 Å². The number of carbonyl (C=O) groups is 1. The second kappa shape index (κ2) is 7.70. The maximum atomic E-state index is 13.0. The van der Waals surface area contributed by atoms with Crippen molar-refractivity contribution in [1.82, 2.24) is 5.43 Å². The number of hydrogen-bond donors (Lipinski definition) is 1. The number of benzene rings is 2. The highest BCUT2D eigenvalue weighted by Crippen LogP contribution is 2.24. The summed E-state index contributed by atoms with van der Waals surface area (Å²) in [5.74, 6) is -0.191. The molecular formula is C16H14BrFN2O2. The molecule has 0 spiro atoms. The zero-order chi connectivity index (χ0) is 15.9. The van der Waals surface area contributed by atoms with Crippen LogP contribution in [0.25, 0.3) is 0 Å². The Bertz CT molecular complexity index is 691. The Hall–Kier alpha value is -2.21. The fourth-order valence-electron chi connectivity index (χ4n) is 1.63. The van der Waals surface area contributed by atoms with Crippen LogP contribution in [0.15, 0.2) is 58.1 Å². The zero-order valence-corrected chi connectivity index (χ0v) is 13.4. The minimum absolute atomic E-state index is 0.360. The molecule has 4 nitrogen and oxygen atoms in total. The highest BCUT2D eigenvalue weighted by Gasteiger charge is 2.14. The predicted molar refractivity (Wildman–Crippen MR) is 86.4 cm³/mol. The second-order valence-corrected chi connectivity index (χ2v) is 5.33. The van der Waals surface area contributed by atoms with Crippen LogP contribution in [0.5, 0.6) is 5.75 Å². The van der Waals surface area contributed by atoms with Crippen molar-refractivity contribution in [3.63, 3.8) is 0 Å². The largest absolute Gasteiger partial charge is 0.480 e. The van der Waals surface area contributed by atoms with Crippen LogP contribution < -0.4 is 10.2 Å². The summed E-state index contributed by atoms with van der Waals surface area (Å²) in [6.07, 6.45) is 0.648. The van der Waals surface area contributed by atoms with E-state index in [0.717, 1.165) is 4.47 Å². The number of nitrogens with one attached hydrogen (secondary N) is 1. The van der Waals surface area contributed by atoms with Gasteiger partial charge in [-0.25, -0.2) is 9.82 Å². The van der Waals surface area contributed by atoms with Gasteiger partial charge in [-0.3, -0.25) is 4.79 Å². The maximum absolute atomic E-state index is 13.0. The summed E-state index contributed by atoms with van der Waals surface area (Å²) in [6.45, 7) is 1.62. The van der Waals surface area contributed by atoms with Crippen molar-refractivity contribution in [1.29, 1.82) is 0 Å². The molecule has 1 N–H and O–H groups in total. The molecule has 0 aliphatic rings. The molecule has 6 heteroatoms. The van der Waals surface area contributed by atoms with Gasteiger partial charge in [-0.2, -0.15) is 5.10 Å². The Labute approximate surface area is 136 Å². The Morgan fingerprint density at radius 1 is 1.32 bits per heavy atom. The summed E-state index contributed by atoms with van der Waals surface area (Å²) in [6, 6.07) is 13.1. The van der Waals surface area contributed by atoms with Crippen LogP contribution in [0, 0.1) is 5.82 Å². The molecule has 0 fully saturated rings. The fraction of sp³-hybridized carbons (Fsp3) is 0.125. The van der Waals surface area contributed by atoms with E-state index < -0.39 is 12.0 Å². The van der Waals surface area contributed by atoms with Crippen molar-refractivity contribution in [3.05, 3.63) is 64.4 Å². The van der Waals surface area contributed by atoms with E-state index in [2.05, 4.69) is 26.5 Å². The van der Waals surface area contributed by atoms with Crippen molar-refractivity contribution in [2.45, 2.75) is 13.0 Å². The molecule has 22 heavy (non-hydrogen) atoms. The fourth-order valence-corrected chi connectivity index (χ4v) is 2.01. The molecule has 0 aliphatic carbocycles. The third-order valence-corrected chi connectivity index (χ3v) is 3.40. The smallest absolute Gasteiger partial charge is 0.280 e. The molecule has 0 aromatic heterocycles. The van der Waals surface area contributed by atoms with Crippen molar-refractivity contribution in [2.24, 2.45) is 5.10 Å². The van der Waals surface area contributed by atoms with E-state index in [1.807, 2.05) is 18.2 Å². The van der Waals surface area contributed by atoms with Crippen molar-refractivity contribution >= 4 is 28.1 Å². The molecule has 0 heterocycles. The summed E-state index contributed by atoms with van der Waals surface area (Å²) >= 11 is 3.34. The molecule has 2 aromatic rings. The lowest BCUT2D eigenvalue weighted by Crippen LogP contribution is -2.33. The first-order chi connectivity index (χ1) is 10.6. The van der Waals surface area contributed by atoms with Crippen LogP contribution in [-0.2, 0) is 4.79 Å². The van der Waals surface area contributed by atoms with Crippen LogP contribution in [0.2, 0.25) is 0 Å². The average Bonchev–Trinajstić information content (AvgIpc) is 2.49. The number of carbonyl (C=O) groups excluding carboxylic acids is 1. The molecular weight excluding hydrogens is 351 g/mol. The first kappa shape index (κ1) is 16.2. The molecule has 1 atom stereocenters. The van der Waals surface area contributed by atoms with Gasteiger partial charge in [0, 0.05) is 0 Å². The minimum atomic E-state index is -0.719. The lowest BCUT2D eigenvalue weighted by Gasteiger charge is -2.13. The predicted octanol–water partition coefficient (Wildman–Crippen LogP) is 3.51. The Morgan fingerprint density at radius 3 is 2.82 bits per heavy atom. The molecule has 0 bridgehead atoms. The summed E-state index contributed by atoms with van der Waals surface area (Å²) in [5.41, 5.74) is 2.91. The highest BCUT2D eigenvalue weighted by atomic mass is 79.9. The van der Waals surface area contributed by atoms with Crippen LogP contribution in [0.1, 0.15) is 12.5 Å². The summed E-state index contributed by atoms with van der Waals surface area (Å²) < 4.78 is 19.3. The molecule has 1 amide bonds. The SMILES string of the molecule is CC(Oc1ccccc1Br)C(=O)N/N=C/c1cccc(F)c1. The van der Waals surface area contributed by atoms with E-state index in [9.17, 15) is 9.18 Å². The van der Waals surface area contributed by atoms with Gasteiger partial charge in [-0.15, -0.1) is 0 Å². The number of nitrogens with zero attached hydrogens (tertiary/aromatic N) is 1. The second-order valence-electron chi connectivity index (χ2n) is 4.48. The molecule has 0 aliphatic heterocycles. The zero-order valence-electron chi connectivity index (χ0n) is 11.8. The van der Waals surface area contributed by atoms with Crippen LogP contribution in [-0.4, -0.2) is 18.2 Å². The third kappa shape index (κ3) is 4.66. The number of para-hydroxylation sites is 1. The Balaban J connectivity index is 1.90. The number of halogens is 2. The van der Waals surface area contributed by atoms with Crippen molar-refractivity contribution < 1.29 is 13.9 Å². The van der Waals surface area contributed by atoms with Gasteiger partial charge in [0.05, 0.1) is 10.7 Å². The third-order valence-electron chi connectivity index (χ3n) is 2.75. The van der Waals surface area contributed by atoms with Gasteiger partial charge in [0.1, 0.15) is 11.6 Å². The molecule has 114 valence electrons. The average molecular weight is 365 g/mol. The number of ether oxygens (including phenoxy) is 1. The lowest BCUT2D eigenvalue weighted by molar-refractivity contribution is -0.127. The van der Waals surface area contributed by atoms with E-state index in [0.29, 0.717) is 11.3 Å². The van der Waals surface area contributed by atoms with E-state index in [1.54, 1.807) is 25.1 Å². The first-order valence-corrected chi connectivity index (χ1v) is 7.35. The summed E-state index contributed by atoms with van der Waals surface area (Å²) in [5, 5.41) is 3.78. The molecule has 2 rings (SSSR count). The Morgan fingerprint density at radius 2 is 2.09 bits per heavy atom. The van der Waals surface area contributed by atoms with Crippen LogP contribution in [0.3, 0.4) is 0 Å². The summed E-state index contributed by atoms with van der Waals surface area (Å²) in [4.78, 5) is 11.9. The topological polar surface area (TPSA) is 50.7 Å². The van der Waals surface area contributed by atoms with E-state index in [1.165, 1.54) is 18.3 Å². The van der Waals surface area contributed by atoms with Gasteiger partial charge in [-0.05, 0) is 52.7 Å².